The van der Waals surface area contributed by atoms with Crippen LogP contribution < -0.4 is 5.73 Å². The van der Waals surface area contributed by atoms with Crippen LogP contribution in [0.2, 0.25) is 0 Å². The number of oxime groups is 1. The maximum absolute atomic E-state index is 12.8. The number of nitrogens with two attached hydrogens (primary N) is 1. The standard InChI is InChI=1S/C14H25N3O2/c1-3-17(9-11-5-4-6-11)13(18)14(12(15)16-19)7-10(2)8-14/h10-11,19H,3-9H2,1-2H3,(H2,15,16). The molecule has 0 aromatic heterocycles. The van der Waals surface area contributed by atoms with Gasteiger partial charge in [-0.25, -0.2) is 0 Å². The lowest BCUT2D eigenvalue weighted by Gasteiger charge is -2.47. The van der Waals surface area contributed by atoms with Crippen LogP contribution in [0, 0.1) is 17.3 Å². The summed E-state index contributed by atoms with van der Waals surface area (Å²) < 4.78 is 0. The fourth-order valence-electron chi connectivity index (χ4n) is 3.36. The number of amidine groups is 1. The van der Waals surface area contributed by atoms with E-state index in [0.29, 0.717) is 31.2 Å². The van der Waals surface area contributed by atoms with E-state index in [1.807, 2.05) is 11.8 Å². The molecule has 2 rings (SSSR count). The quantitative estimate of drug-likeness (QED) is 0.345. The number of hydrogen-bond acceptors (Lipinski definition) is 3. The molecule has 0 saturated heterocycles. The Bertz CT molecular complexity index is 371. The molecule has 2 fully saturated rings. The van der Waals surface area contributed by atoms with E-state index >= 15 is 0 Å². The zero-order chi connectivity index (χ0) is 14.0. The summed E-state index contributed by atoms with van der Waals surface area (Å²) in [6, 6.07) is 0. The molecule has 0 atom stereocenters. The summed E-state index contributed by atoms with van der Waals surface area (Å²) in [5.41, 5.74) is 5.06. The van der Waals surface area contributed by atoms with E-state index in [1.54, 1.807) is 0 Å². The maximum Gasteiger partial charge on any atom is 0.236 e. The van der Waals surface area contributed by atoms with Crippen LogP contribution in [0.15, 0.2) is 5.16 Å². The minimum absolute atomic E-state index is 0.0512. The molecule has 19 heavy (non-hydrogen) atoms. The number of carbonyl (C=O) groups is 1. The first kappa shape index (κ1) is 14.2. The zero-order valence-electron chi connectivity index (χ0n) is 11.9. The topological polar surface area (TPSA) is 78.9 Å². The van der Waals surface area contributed by atoms with Crippen LogP contribution >= 0.6 is 0 Å². The lowest BCUT2D eigenvalue weighted by molar-refractivity contribution is -0.145. The molecule has 3 N–H and O–H groups in total. The van der Waals surface area contributed by atoms with E-state index < -0.39 is 5.41 Å². The Morgan fingerprint density at radius 2 is 2.11 bits per heavy atom. The van der Waals surface area contributed by atoms with Gasteiger partial charge in [0.25, 0.3) is 0 Å². The predicted octanol–water partition coefficient (Wildman–Crippen LogP) is 1.80. The van der Waals surface area contributed by atoms with E-state index in [1.165, 1.54) is 19.3 Å². The molecule has 0 spiro atoms. The Labute approximate surface area is 114 Å². The third kappa shape index (κ3) is 2.42. The van der Waals surface area contributed by atoms with Gasteiger partial charge in [-0.1, -0.05) is 18.5 Å². The Hall–Kier alpha value is -1.26. The summed E-state index contributed by atoms with van der Waals surface area (Å²) in [7, 11) is 0. The summed E-state index contributed by atoms with van der Waals surface area (Å²) >= 11 is 0. The summed E-state index contributed by atoms with van der Waals surface area (Å²) in [5.74, 6) is 1.25. The highest BCUT2D eigenvalue weighted by molar-refractivity contribution is 6.07. The van der Waals surface area contributed by atoms with Crippen LogP contribution in [-0.2, 0) is 4.79 Å². The largest absolute Gasteiger partial charge is 0.409 e. The molecule has 2 aliphatic carbocycles. The van der Waals surface area contributed by atoms with Crippen molar-refractivity contribution in [1.29, 1.82) is 0 Å². The molecule has 1 amide bonds. The second-order valence-corrected chi connectivity index (χ2v) is 6.22. The van der Waals surface area contributed by atoms with Gasteiger partial charge in [-0.15, -0.1) is 0 Å². The highest BCUT2D eigenvalue weighted by atomic mass is 16.4. The van der Waals surface area contributed by atoms with Crippen molar-refractivity contribution in [2.24, 2.45) is 28.1 Å². The average molecular weight is 267 g/mol. The van der Waals surface area contributed by atoms with Gasteiger partial charge in [-0.3, -0.25) is 4.79 Å². The number of carbonyl (C=O) groups excluding carboxylic acids is 1. The normalized spacial score (nSPS) is 31.5. The van der Waals surface area contributed by atoms with Gasteiger partial charge in [0.15, 0.2) is 5.84 Å². The van der Waals surface area contributed by atoms with E-state index in [-0.39, 0.29) is 11.7 Å². The fraction of sp³-hybridized carbons (Fsp3) is 0.857. The molecule has 2 saturated carbocycles. The molecule has 0 unspecified atom stereocenters. The minimum atomic E-state index is -0.742. The van der Waals surface area contributed by atoms with Crippen molar-refractivity contribution >= 4 is 11.7 Å². The first-order valence-corrected chi connectivity index (χ1v) is 7.31. The van der Waals surface area contributed by atoms with Gasteiger partial charge in [0.05, 0.1) is 0 Å². The number of rotatable bonds is 5. The van der Waals surface area contributed by atoms with Crippen molar-refractivity contribution in [1.82, 2.24) is 4.90 Å². The molecular formula is C14H25N3O2. The molecule has 5 heteroatoms. The summed E-state index contributed by atoms with van der Waals surface area (Å²) in [4.78, 5) is 14.7. The molecule has 0 aliphatic heterocycles. The van der Waals surface area contributed by atoms with Crippen LogP contribution in [0.1, 0.15) is 46.0 Å². The van der Waals surface area contributed by atoms with E-state index in [0.717, 1.165) is 6.54 Å². The van der Waals surface area contributed by atoms with Crippen molar-refractivity contribution in [3.8, 4) is 0 Å². The minimum Gasteiger partial charge on any atom is -0.409 e. The van der Waals surface area contributed by atoms with Gasteiger partial charge in [0.1, 0.15) is 5.41 Å². The number of nitrogens with zero attached hydrogens (tertiary/aromatic N) is 2. The van der Waals surface area contributed by atoms with Crippen LogP contribution in [0.3, 0.4) is 0 Å². The molecule has 0 aromatic rings. The molecular weight excluding hydrogens is 242 g/mol. The third-order valence-corrected chi connectivity index (χ3v) is 4.77. The summed E-state index contributed by atoms with van der Waals surface area (Å²) in [6.07, 6.45) is 5.11. The second-order valence-electron chi connectivity index (χ2n) is 6.22. The Kier molecular flexibility index (Phi) is 4.02. The van der Waals surface area contributed by atoms with Crippen LogP contribution in [-0.4, -0.2) is 34.9 Å². The summed E-state index contributed by atoms with van der Waals surface area (Å²) in [6.45, 7) is 5.62. The van der Waals surface area contributed by atoms with Gasteiger partial charge < -0.3 is 15.8 Å². The maximum atomic E-state index is 12.8. The lowest BCUT2D eigenvalue weighted by atomic mass is 9.61. The van der Waals surface area contributed by atoms with E-state index in [2.05, 4.69) is 12.1 Å². The summed E-state index contributed by atoms with van der Waals surface area (Å²) in [5, 5.41) is 12.1. The van der Waals surface area contributed by atoms with Crippen molar-refractivity contribution in [2.75, 3.05) is 13.1 Å². The third-order valence-electron chi connectivity index (χ3n) is 4.77. The van der Waals surface area contributed by atoms with Gasteiger partial charge in [0.2, 0.25) is 5.91 Å². The van der Waals surface area contributed by atoms with Crippen LogP contribution in [0.4, 0.5) is 0 Å². The first-order chi connectivity index (χ1) is 9.03. The van der Waals surface area contributed by atoms with Crippen molar-refractivity contribution in [2.45, 2.75) is 46.0 Å². The molecule has 0 aromatic carbocycles. The molecule has 0 radical (unpaired) electrons. The monoisotopic (exact) mass is 267 g/mol. The Morgan fingerprint density at radius 1 is 1.47 bits per heavy atom. The average Bonchev–Trinajstić information content (AvgIpc) is 2.32. The van der Waals surface area contributed by atoms with E-state index in [9.17, 15) is 4.79 Å². The first-order valence-electron chi connectivity index (χ1n) is 7.31. The lowest BCUT2D eigenvalue weighted by Crippen LogP contribution is -2.58. The van der Waals surface area contributed by atoms with Gasteiger partial charge in [-0.2, -0.15) is 0 Å². The van der Waals surface area contributed by atoms with Crippen LogP contribution in [0.25, 0.3) is 0 Å². The molecule has 0 bridgehead atoms. The highest BCUT2D eigenvalue weighted by Gasteiger charge is 2.53. The molecule has 2 aliphatic rings. The Morgan fingerprint density at radius 3 is 2.47 bits per heavy atom. The van der Waals surface area contributed by atoms with Crippen molar-refractivity contribution < 1.29 is 10.0 Å². The van der Waals surface area contributed by atoms with Gasteiger partial charge in [-0.05, 0) is 44.4 Å². The van der Waals surface area contributed by atoms with Gasteiger partial charge >= 0.3 is 0 Å². The van der Waals surface area contributed by atoms with Crippen LogP contribution in [0.5, 0.6) is 0 Å². The second kappa shape index (κ2) is 5.39. The molecule has 108 valence electrons. The Balaban J connectivity index is 2.09. The van der Waals surface area contributed by atoms with Gasteiger partial charge in [0, 0.05) is 13.1 Å². The number of hydrogen-bond donors (Lipinski definition) is 2. The van der Waals surface area contributed by atoms with Crippen molar-refractivity contribution in [3.63, 3.8) is 0 Å². The SMILES string of the molecule is CCN(CC1CCC1)C(=O)C1(C(N)=NO)CC(C)C1. The fourth-order valence-corrected chi connectivity index (χ4v) is 3.36. The molecule has 0 heterocycles. The predicted molar refractivity (Wildman–Crippen MR) is 73.8 cm³/mol. The molecule has 5 nitrogen and oxygen atoms in total. The highest BCUT2D eigenvalue weighted by Crippen LogP contribution is 2.47. The van der Waals surface area contributed by atoms with E-state index in [4.69, 9.17) is 10.9 Å². The smallest absolute Gasteiger partial charge is 0.236 e. The number of amides is 1. The van der Waals surface area contributed by atoms with Crippen molar-refractivity contribution in [3.05, 3.63) is 0 Å². The zero-order valence-corrected chi connectivity index (χ0v) is 11.9.